The molecule has 0 aliphatic rings. The number of pyridine rings is 1. The second kappa shape index (κ2) is 4.96. The van der Waals surface area contributed by atoms with Crippen LogP contribution in [0.3, 0.4) is 0 Å². The highest BCUT2D eigenvalue weighted by atomic mass is 127. The standard InChI is InChI=1S/C13H8IN3O2/c14-9-3-4-11(18)10(6-9)13-16-12(17-19-13)8-2-1-5-15-7-8/h1-7,18H. The molecule has 94 valence electrons. The first kappa shape index (κ1) is 12.1. The number of halogens is 1. The van der Waals surface area contributed by atoms with Crippen LogP contribution in [0.25, 0.3) is 22.8 Å². The summed E-state index contributed by atoms with van der Waals surface area (Å²) in [5.74, 6) is 0.845. The smallest absolute Gasteiger partial charge is 0.262 e. The van der Waals surface area contributed by atoms with Gasteiger partial charge in [0.25, 0.3) is 5.89 Å². The van der Waals surface area contributed by atoms with Crippen molar-refractivity contribution in [3.05, 3.63) is 46.3 Å². The molecule has 19 heavy (non-hydrogen) atoms. The Hall–Kier alpha value is -1.96. The predicted octanol–water partition coefficient (Wildman–Crippen LogP) is 3.11. The summed E-state index contributed by atoms with van der Waals surface area (Å²) in [5.41, 5.74) is 1.29. The van der Waals surface area contributed by atoms with Crippen molar-refractivity contribution in [1.82, 2.24) is 15.1 Å². The van der Waals surface area contributed by atoms with Crippen LogP contribution in [-0.2, 0) is 0 Å². The zero-order valence-corrected chi connectivity index (χ0v) is 11.8. The first-order chi connectivity index (χ1) is 9.24. The Morgan fingerprint density at radius 1 is 1.21 bits per heavy atom. The van der Waals surface area contributed by atoms with Crippen molar-refractivity contribution in [2.24, 2.45) is 0 Å². The maximum atomic E-state index is 9.82. The van der Waals surface area contributed by atoms with Crippen molar-refractivity contribution in [3.63, 3.8) is 0 Å². The highest BCUT2D eigenvalue weighted by Gasteiger charge is 2.14. The molecule has 0 saturated carbocycles. The fourth-order valence-corrected chi connectivity index (χ4v) is 2.12. The van der Waals surface area contributed by atoms with Crippen molar-refractivity contribution in [1.29, 1.82) is 0 Å². The van der Waals surface area contributed by atoms with Crippen molar-refractivity contribution in [3.8, 4) is 28.6 Å². The Labute approximate surface area is 122 Å². The number of hydrogen-bond donors (Lipinski definition) is 1. The molecule has 5 nitrogen and oxygen atoms in total. The second-order valence-corrected chi connectivity index (χ2v) is 5.07. The molecule has 0 saturated heterocycles. The van der Waals surface area contributed by atoms with Crippen molar-refractivity contribution >= 4 is 22.6 Å². The Balaban J connectivity index is 2.04. The summed E-state index contributed by atoms with van der Waals surface area (Å²) in [4.78, 5) is 8.27. The minimum Gasteiger partial charge on any atom is -0.507 e. The van der Waals surface area contributed by atoms with E-state index in [1.54, 1.807) is 36.7 Å². The van der Waals surface area contributed by atoms with E-state index in [1.165, 1.54) is 0 Å². The van der Waals surface area contributed by atoms with E-state index < -0.39 is 0 Å². The molecule has 2 heterocycles. The largest absolute Gasteiger partial charge is 0.507 e. The Bertz CT molecular complexity index is 713. The zero-order valence-electron chi connectivity index (χ0n) is 9.62. The summed E-state index contributed by atoms with van der Waals surface area (Å²) in [6, 6.07) is 8.84. The molecule has 2 aromatic heterocycles. The molecule has 0 bridgehead atoms. The molecule has 3 rings (SSSR count). The molecule has 1 aromatic carbocycles. The van der Waals surface area contributed by atoms with E-state index in [0.29, 0.717) is 11.4 Å². The lowest BCUT2D eigenvalue weighted by Gasteiger charge is -1.99. The average Bonchev–Trinajstić information content (AvgIpc) is 2.92. The first-order valence-corrected chi connectivity index (χ1v) is 6.55. The maximum Gasteiger partial charge on any atom is 0.262 e. The number of aromatic nitrogens is 3. The third-order valence-corrected chi connectivity index (χ3v) is 3.21. The van der Waals surface area contributed by atoms with Gasteiger partial charge in [-0.2, -0.15) is 4.98 Å². The lowest BCUT2D eigenvalue weighted by atomic mass is 10.2. The van der Waals surface area contributed by atoms with Gasteiger partial charge in [-0.05, 0) is 52.9 Å². The Morgan fingerprint density at radius 3 is 2.89 bits per heavy atom. The second-order valence-electron chi connectivity index (χ2n) is 3.83. The number of nitrogens with zero attached hydrogens (tertiary/aromatic N) is 3. The van der Waals surface area contributed by atoms with Crippen LogP contribution in [0.15, 0.2) is 47.2 Å². The third-order valence-electron chi connectivity index (χ3n) is 2.53. The number of phenols is 1. The van der Waals surface area contributed by atoms with Crippen LogP contribution in [-0.4, -0.2) is 20.2 Å². The van der Waals surface area contributed by atoms with Gasteiger partial charge in [0.05, 0.1) is 5.56 Å². The molecule has 0 spiro atoms. The molecule has 0 unspecified atom stereocenters. The van der Waals surface area contributed by atoms with E-state index >= 15 is 0 Å². The van der Waals surface area contributed by atoms with Crippen LogP contribution >= 0.6 is 22.6 Å². The summed E-state index contributed by atoms with van der Waals surface area (Å²) < 4.78 is 6.17. The normalized spacial score (nSPS) is 10.6. The molecular formula is C13H8IN3O2. The molecule has 3 aromatic rings. The topological polar surface area (TPSA) is 72.0 Å². The van der Waals surface area contributed by atoms with Crippen LogP contribution in [0.2, 0.25) is 0 Å². The molecule has 0 aliphatic heterocycles. The van der Waals surface area contributed by atoms with E-state index in [4.69, 9.17) is 4.52 Å². The van der Waals surface area contributed by atoms with E-state index in [9.17, 15) is 5.11 Å². The summed E-state index contributed by atoms with van der Waals surface area (Å²) in [7, 11) is 0. The maximum absolute atomic E-state index is 9.82. The van der Waals surface area contributed by atoms with Gasteiger partial charge in [0.2, 0.25) is 5.82 Å². The molecule has 0 fully saturated rings. The van der Waals surface area contributed by atoms with E-state index in [1.807, 2.05) is 6.07 Å². The van der Waals surface area contributed by atoms with E-state index in [2.05, 4.69) is 37.7 Å². The molecule has 6 heteroatoms. The van der Waals surface area contributed by atoms with E-state index in [0.717, 1.165) is 9.13 Å². The molecule has 0 radical (unpaired) electrons. The number of rotatable bonds is 2. The van der Waals surface area contributed by atoms with Gasteiger partial charge in [-0.25, -0.2) is 0 Å². The molecule has 1 N–H and O–H groups in total. The monoisotopic (exact) mass is 365 g/mol. The van der Waals surface area contributed by atoms with Crippen LogP contribution in [0.4, 0.5) is 0 Å². The van der Waals surface area contributed by atoms with Gasteiger partial charge < -0.3 is 9.63 Å². The Kier molecular flexibility index (Phi) is 3.16. The molecule has 0 amide bonds. The SMILES string of the molecule is Oc1ccc(I)cc1-c1nc(-c2cccnc2)no1. The molecule has 0 atom stereocenters. The van der Waals surface area contributed by atoms with Gasteiger partial charge in [-0.1, -0.05) is 5.16 Å². The number of benzene rings is 1. The lowest BCUT2D eigenvalue weighted by Crippen LogP contribution is -1.83. The van der Waals surface area contributed by atoms with Crippen molar-refractivity contribution < 1.29 is 9.63 Å². The van der Waals surface area contributed by atoms with Crippen molar-refractivity contribution in [2.45, 2.75) is 0 Å². The van der Waals surface area contributed by atoms with Gasteiger partial charge in [0.15, 0.2) is 0 Å². The van der Waals surface area contributed by atoms with Crippen LogP contribution in [0.1, 0.15) is 0 Å². The molecule has 0 aliphatic carbocycles. The minimum absolute atomic E-state index is 0.113. The number of hydrogen-bond acceptors (Lipinski definition) is 5. The van der Waals surface area contributed by atoms with Gasteiger partial charge in [0.1, 0.15) is 5.75 Å². The third kappa shape index (κ3) is 2.43. The van der Waals surface area contributed by atoms with Gasteiger partial charge in [-0.15, -0.1) is 0 Å². The summed E-state index contributed by atoms with van der Waals surface area (Å²) >= 11 is 2.16. The fraction of sp³-hybridized carbons (Fsp3) is 0. The van der Waals surface area contributed by atoms with Crippen LogP contribution in [0, 0.1) is 3.57 Å². The summed E-state index contributed by atoms with van der Waals surface area (Å²) in [5, 5.41) is 13.7. The van der Waals surface area contributed by atoms with Crippen molar-refractivity contribution in [2.75, 3.05) is 0 Å². The number of phenolic OH excluding ortho intramolecular Hbond substituents is 1. The van der Waals surface area contributed by atoms with Crippen LogP contribution in [0.5, 0.6) is 5.75 Å². The van der Waals surface area contributed by atoms with E-state index in [-0.39, 0.29) is 11.6 Å². The summed E-state index contributed by atoms with van der Waals surface area (Å²) in [6.07, 6.45) is 3.33. The fourth-order valence-electron chi connectivity index (χ4n) is 1.62. The van der Waals surface area contributed by atoms with Gasteiger partial charge >= 0.3 is 0 Å². The zero-order chi connectivity index (χ0) is 13.2. The summed E-state index contributed by atoms with van der Waals surface area (Å²) in [6.45, 7) is 0. The number of aromatic hydroxyl groups is 1. The minimum atomic E-state index is 0.113. The first-order valence-electron chi connectivity index (χ1n) is 5.47. The average molecular weight is 365 g/mol. The predicted molar refractivity (Wildman–Crippen MR) is 77.3 cm³/mol. The lowest BCUT2D eigenvalue weighted by molar-refractivity contribution is 0.425. The van der Waals surface area contributed by atoms with Gasteiger partial charge in [0, 0.05) is 21.5 Å². The Morgan fingerprint density at radius 2 is 2.11 bits per heavy atom. The van der Waals surface area contributed by atoms with Crippen LogP contribution < -0.4 is 0 Å². The quantitative estimate of drug-likeness (QED) is 0.707. The van der Waals surface area contributed by atoms with Gasteiger partial charge in [-0.3, -0.25) is 4.98 Å². The highest BCUT2D eigenvalue weighted by molar-refractivity contribution is 14.1. The highest BCUT2D eigenvalue weighted by Crippen LogP contribution is 2.30. The molecular weight excluding hydrogens is 357 g/mol.